The van der Waals surface area contributed by atoms with Gasteiger partial charge in [-0.3, -0.25) is 23.2 Å². The summed E-state index contributed by atoms with van der Waals surface area (Å²) in [4.78, 5) is 26.0. The van der Waals surface area contributed by atoms with Crippen molar-refractivity contribution in [3.8, 4) is 11.5 Å². The molecule has 0 fully saturated rings. The molecular weight excluding hydrogens is 653 g/mol. The fraction of sp³-hybridized carbons (Fsp3) is 0.214. The third-order valence-corrected chi connectivity index (χ3v) is 9.55. The highest BCUT2D eigenvalue weighted by atomic mass is 32.2. The van der Waals surface area contributed by atoms with Crippen LogP contribution in [-0.4, -0.2) is 74.8 Å². The van der Waals surface area contributed by atoms with E-state index in [2.05, 4.69) is 6.58 Å². The summed E-state index contributed by atoms with van der Waals surface area (Å²) in [5, 5.41) is -0.304. The van der Waals surface area contributed by atoms with Gasteiger partial charge in [-0.2, -0.15) is 25.3 Å². The highest BCUT2D eigenvalue weighted by molar-refractivity contribution is 7.86. The molecular formula is C28H28N2O12S3. The van der Waals surface area contributed by atoms with Crippen molar-refractivity contribution < 1.29 is 53.2 Å². The van der Waals surface area contributed by atoms with Crippen molar-refractivity contribution in [2.45, 2.75) is 23.6 Å². The van der Waals surface area contributed by atoms with Crippen LogP contribution in [0.25, 0.3) is 12.2 Å². The maximum atomic E-state index is 13.8. The molecule has 14 nitrogen and oxygen atoms in total. The minimum atomic E-state index is -5.12. The van der Waals surface area contributed by atoms with Crippen LogP contribution in [0.4, 0.5) is 5.69 Å². The zero-order chi connectivity index (χ0) is 33.8. The number of fused-ring (bicyclic) bond motifs is 2. The Kier molecular flexibility index (Phi) is 8.75. The van der Waals surface area contributed by atoms with E-state index >= 15 is 0 Å². The van der Waals surface area contributed by atoms with Gasteiger partial charge >= 0.3 is 0 Å². The number of ether oxygens (including phenoxy) is 1. The third kappa shape index (κ3) is 6.63. The van der Waals surface area contributed by atoms with Gasteiger partial charge in [-0.25, -0.2) is 0 Å². The van der Waals surface area contributed by atoms with Crippen molar-refractivity contribution in [2.75, 3.05) is 25.1 Å². The van der Waals surface area contributed by atoms with Gasteiger partial charge in [0.2, 0.25) is 0 Å². The number of rotatable bonds is 9. The molecule has 5 N–H and O–H groups in total. The van der Waals surface area contributed by atoms with E-state index in [1.165, 1.54) is 43.4 Å². The number of nitrogens with zero attached hydrogens (tertiary/aromatic N) is 1. The lowest BCUT2D eigenvalue weighted by molar-refractivity contribution is 0.0802. The van der Waals surface area contributed by atoms with Crippen molar-refractivity contribution in [3.05, 3.63) is 75.2 Å². The molecule has 1 aliphatic heterocycles. The van der Waals surface area contributed by atoms with Gasteiger partial charge in [0.25, 0.3) is 36.3 Å². The van der Waals surface area contributed by atoms with Crippen LogP contribution in [0, 0.1) is 5.92 Å². The molecule has 0 radical (unpaired) electrons. The Morgan fingerprint density at radius 3 is 2.04 bits per heavy atom. The molecule has 3 aromatic carbocycles. The lowest BCUT2D eigenvalue weighted by Crippen LogP contribution is -2.33. The molecule has 0 atom stereocenters. The first kappa shape index (κ1) is 33.8. The van der Waals surface area contributed by atoms with E-state index < -0.39 is 81.5 Å². The molecule has 4 rings (SSSR count). The predicted octanol–water partition coefficient (Wildman–Crippen LogP) is 1.32. The van der Waals surface area contributed by atoms with Gasteiger partial charge in [0, 0.05) is 47.0 Å². The van der Waals surface area contributed by atoms with E-state index in [4.69, 9.17) is 10.5 Å². The summed E-state index contributed by atoms with van der Waals surface area (Å²) in [6, 6.07) is 8.98. The Morgan fingerprint density at radius 1 is 0.889 bits per heavy atom. The topological polar surface area (TPSA) is 236 Å². The molecule has 0 aromatic heterocycles. The monoisotopic (exact) mass is 680 g/mol. The van der Waals surface area contributed by atoms with Crippen LogP contribution in [-0.2, 0) is 30.4 Å². The largest absolute Gasteiger partial charge is 0.453 e. The summed E-state index contributed by atoms with van der Waals surface area (Å²) >= 11 is 0. The molecule has 1 heterocycles. The smallest absolute Gasteiger partial charge is 0.300 e. The zero-order valence-corrected chi connectivity index (χ0v) is 26.5. The Balaban J connectivity index is 2.21. The number of nitrogen functional groups attached to an aromatic ring is 1. The standard InChI is InChI=1S/C28H28N2O12S3/c1-14(2)23(31)16-6-8-17(20(13-16)28(32)30(4)11-12-43(33,34)35)22-18-7-5-15(3)26(44(36,37)38)24(18)42-25-19(22)9-10-21(29)27(25)45(39,40)41/h5-10,13-14H,3,11-12,29H2,1-2,4H3,(H,33,34,35)(H,36,37,38)(H,39,40,41). The zero-order valence-electron chi connectivity index (χ0n) is 24.0. The number of carbonyl (C=O) groups is 2. The van der Waals surface area contributed by atoms with E-state index in [-0.39, 0.29) is 44.0 Å². The van der Waals surface area contributed by atoms with E-state index in [1.54, 1.807) is 13.8 Å². The SMILES string of the molecule is C=c1ccc2c(c1S(=O)(=O)O)Oc1c(ccc(N)c1S(=O)(=O)O)C=2c1ccc(C(=O)C(C)C)cc1C(=O)N(C)CCS(=O)(=O)O. The number of nitrogens with two attached hydrogens (primary N) is 1. The van der Waals surface area contributed by atoms with Gasteiger partial charge in [-0.1, -0.05) is 38.6 Å². The Hall–Kier alpha value is -4.13. The number of hydrogen-bond acceptors (Lipinski definition) is 10. The summed E-state index contributed by atoms with van der Waals surface area (Å²) in [6.07, 6.45) is 0. The summed E-state index contributed by atoms with van der Waals surface area (Å²) < 4.78 is 108. The summed E-state index contributed by atoms with van der Waals surface area (Å²) in [7, 11) is -13.4. The van der Waals surface area contributed by atoms with Crippen LogP contribution >= 0.6 is 0 Å². The van der Waals surface area contributed by atoms with Crippen LogP contribution in [0.1, 0.15) is 45.7 Å². The highest BCUT2D eigenvalue weighted by Gasteiger charge is 2.34. The molecule has 1 aliphatic rings. The van der Waals surface area contributed by atoms with Gasteiger partial charge < -0.3 is 15.4 Å². The van der Waals surface area contributed by atoms with Gasteiger partial charge in [0.05, 0.1) is 11.4 Å². The van der Waals surface area contributed by atoms with Crippen molar-refractivity contribution in [1.82, 2.24) is 4.90 Å². The van der Waals surface area contributed by atoms with Crippen LogP contribution in [0.15, 0.2) is 52.3 Å². The van der Waals surface area contributed by atoms with Crippen LogP contribution in [0.3, 0.4) is 0 Å². The number of hydrogen-bond donors (Lipinski definition) is 4. The summed E-state index contributed by atoms with van der Waals surface area (Å²) in [6.45, 7) is 6.40. The number of carbonyl (C=O) groups excluding carboxylic acids is 2. The average Bonchev–Trinajstić information content (AvgIpc) is 2.91. The van der Waals surface area contributed by atoms with Crippen molar-refractivity contribution in [3.63, 3.8) is 0 Å². The number of anilines is 1. The first-order valence-corrected chi connectivity index (χ1v) is 17.4. The van der Waals surface area contributed by atoms with Gasteiger partial charge in [-0.05, 0) is 35.0 Å². The molecule has 17 heteroatoms. The summed E-state index contributed by atoms with van der Waals surface area (Å²) in [5.41, 5.74) is 5.18. The molecule has 45 heavy (non-hydrogen) atoms. The van der Waals surface area contributed by atoms with Crippen molar-refractivity contribution >= 4 is 59.9 Å². The maximum Gasteiger partial charge on any atom is 0.300 e. The van der Waals surface area contributed by atoms with Crippen LogP contribution in [0.5, 0.6) is 11.5 Å². The number of ketones is 1. The maximum absolute atomic E-state index is 13.8. The number of amides is 1. The minimum Gasteiger partial charge on any atom is -0.453 e. The summed E-state index contributed by atoms with van der Waals surface area (Å²) in [5.74, 6) is -3.72. The minimum absolute atomic E-state index is 0.00558. The lowest BCUT2D eigenvalue weighted by Gasteiger charge is -2.26. The molecule has 0 saturated carbocycles. The Morgan fingerprint density at radius 2 is 1.49 bits per heavy atom. The molecule has 0 aliphatic carbocycles. The molecule has 3 aromatic rings. The second-order valence-electron chi connectivity index (χ2n) is 10.5. The van der Waals surface area contributed by atoms with Crippen LogP contribution in [0.2, 0.25) is 0 Å². The fourth-order valence-corrected chi connectivity index (χ4v) is 6.89. The fourth-order valence-electron chi connectivity index (χ4n) is 4.85. The van der Waals surface area contributed by atoms with E-state index in [0.717, 1.165) is 11.0 Å². The van der Waals surface area contributed by atoms with Gasteiger partial charge in [0.1, 0.15) is 4.90 Å². The second kappa shape index (κ2) is 11.7. The van der Waals surface area contributed by atoms with E-state index in [9.17, 15) is 48.5 Å². The molecule has 0 unspecified atom stereocenters. The molecule has 0 bridgehead atoms. The molecule has 240 valence electrons. The predicted molar refractivity (Wildman–Crippen MR) is 162 cm³/mol. The second-order valence-corrected chi connectivity index (χ2v) is 14.8. The first-order valence-electron chi connectivity index (χ1n) is 12.9. The third-order valence-electron chi connectivity index (χ3n) is 6.95. The average molecular weight is 681 g/mol. The molecule has 1 amide bonds. The number of Topliss-reactive ketones (excluding diaryl/α,β-unsaturated/α-hetero) is 1. The Labute approximate surface area is 258 Å². The number of benzene rings is 3. The van der Waals surface area contributed by atoms with Crippen LogP contribution < -0.4 is 20.9 Å². The highest BCUT2D eigenvalue weighted by Crippen LogP contribution is 2.44. The quantitative estimate of drug-likeness (QED) is 0.111. The van der Waals surface area contributed by atoms with E-state index in [0.29, 0.717) is 0 Å². The molecule has 0 spiro atoms. The Bertz CT molecular complexity index is 2230. The van der Waals surface area contributed by atoms with Crippen molar-refractivity contribution in [1.29, 1.82) is 0 Å². The lowest BCUT2D eigenvalue weighted by atomic mass is 9.87. The van der Waals surface area contributed by atoms with Gasteiger partial charge in [-0.15, -0.1) is 0 Å². The van der Waals surface area contributed by atoms with E-state index in [1.807, 2.05) is 0 Å². The first-order chi connectivity index (χ1) is 20.6. The van der Waals surface area contributed by atoms with Gasteiger partial charge in [0.15, 0.2) is 22.2 Å². The van der Waals surface area contributed by atoms with Crippen molar-refractivity contribution in [2.24, 2.45) is 5.92 Å². The normalized spacial score (nSPS) is 13.2. The molecule has 0 saturated heterocycles.